The zero-order valence-electron chi connectivity index (χ0n) is 14.7. The van der Waals surface area contributed by atoms with Crippen molar-refractivity contribution in [1.82, 2.24) is 15.5 Å². The molecule has 1 aliphatic heterocycles. The fraction of sp³-hybridized carbons (Fsp3) is 0.647. The van der Waals surface area contributed by atoms with Gasteiger partial charge in [-0.25, -0.2) is 4.79 Å². The average Bonchev–Trinajstić information content (AvgIpc) is 3.13. The molecular formula is C17H28N4O2S. The molecule has 1 saturated heterocycles. The lowest BCUT2D eigenvalue weighted by molar-refractivity contribution is 0.0963. The van der Waals surface area contributed by atoms with E-state index in [9.17, 15) is 4.79 Å². The average molecular weight is 353 g/mol. The van der Waals surface area contributed by atoms with Crippen LogP contribution in [0.15, 0.2) is 21.8 Å². The minimum atomic E-state index is -0.206. The molecule has 134 valence electrons. The molecule has 2 rings (SSSR count). The Kier molecular flexibility index (Phi) is 7.36. The van der Waals surface area contributed by atoms with Crippen LogP contribution in [-0.2, 0) is 4.74 Å². The van der Waals surface area contributed by atoms with Crippen molar-refractivity contribution in [3.8, 4) is 0 Å². The second-order valence-corrected chi connectivity index (χ2v) is 6.80. The van der Waals surface area contributed by atoms with E-state index in [0.29, 0.717) is 18.6 Å². The molecule has 0 aromatic carbocycles. The minimum Gasteiger partial charge on any atom is -0.450 e. The van der Waals surface area contributed by atoms with Gasteiger partial charge in [-0.2, -0.15) is 11.3 Å². The largest absolute Gasteiger partial charge is 0.450 e. The number of hydrogen-bond donors (Lipinski definition) is 2. The Labute approximate surface area is 148 Å². The molecular weight excluding hydrogens is 324 g/mol. The Hall–Kier alpha value is -1.76. The molecule has 1 aliphatic rings. The van der Waals surface area contributed by atoms with Gasteiger partial charge in [0.2, 0.25) is 0 Å². The molecule has 1 atom stereocenters. The molecule has 2 heterocycles. The quantitative estimate of drug-likeness (QED) is 0.631. The van der Waals surface area contributed by atoms with Crippen molar-refractivity contribution >= 4 is 23.4 Å². The molecule has 0 radical (unpaired) electrons. The van der Waals surface area contributed by atoms with Gasteiger partial charge in [-0.15, -0.1) is 0 Å². The number of amides is 1. The van der Waals surface area contributed by atoms with Crippen LogP contribution < -0.4 is 10.6 Å². The number of piperidine rings is 1. The second-order valence-electron chi connectivity index (χ2n) is 6.02. The van der Waals surface area contributed by atoms with E-state index in [4.69, 9.17) is 4.74 Å². The van der Waals surface area contributed by atoms with E-state index in [1.165, 1.54) is 5.56 Å². The molecule has 0 aliphatic carbocycles. The maximum absolute atomic E-state index is 11.7. The van der Waals surface area contributed by atoms with Crippen LogP contribution in [0.25, 0.3) is 0 Å². The smallest absolute Gasteiger partial charge is 0.409 e. The molecule has 1 aromatic heterocycles. The van der Waals surface area contributed by atoms with Crippen molar-refractivity contribution in [3.63, 3.8) is 0 Å². The maximum Gasteiger partial charge on any atom is 0.409 e. The van der Waals surface area contributed by atoms with E-state index >= 15 is 0 Å². The maximum atomic E-state index is 11.7. The number of nitrogens with zero attached hydrogens (tertiary/aromatic N) is 2. The predicted octanol–water partition coefficient (Wildman–Crippen LogP) is 2.64. The third kappa shape index (κ3) is 5.40. The molecule has 6 nitrogen and oxygen atoms in total. The molecule has 1 amide bonds. The summed E-state index contributed by atoms with van der Waals surface area (Å²) in [5.41, 5.74) is 1.35. The van der Waals surface area contributed by atoms with Crippen molar-refractivity contribution in [1.29, 1.82) is 0 Å². The van der Waals surface area contributed by atoms with Gasteiger partial charge in [-0.05, 0) is 48.1 Å². The van der Waals surface area contributed by atoms with Crippen molar-refractivity contribution in [2.24, 2.45) is 4.99 Å². The van der Waals surface area contributed by atoms with Crippen LogP contribution in [0.1, 0.15) is 38.2 Å². The van der Waals surface area contributed by atoms with Crippen LogP contribution in [0, 0.1) is 0 Å². The first-order valence-corrected chi connectivity index (χ1v) is 9.49. The Balaban J connectivity index is 1.73. The number of nitrogens with one attached hydrogen (secondary N) is 2. The van der Waals surface area contributed by atoms with E-state index in [1.54, 1.807) is 23.3 Å². The number of ether oxygens (including phenoxy) is 1. The zero-order valence-corrected chi connectivity index (χ0v) is 15.6. The van der Waals surface area contributed by atoms with Crippen LogP contribution in [0.4, 0.5) is 4.79 Å². The first-order valence-electron chi connectivity index (χ1n) is 8.55. The number of carbonyl (C=O) groups is 1. The van der Waals surface area contributed by atoms with Crippen molar-refractivity contribution in [2.75, 3.05) is 33.3 Å². The van der Waals surface area contributed by atoms with E-state index in [2.05, 4.69) is 39.4 Å². The summed E-state index contributed by atoms with van der Waals surface area (Å²) in [4.78, 5) is 17.8. The van der Waals surface area contributed by atoms with Crippen LogP contribution in [0.2, 0.25) is 0 Å². The summed E-state index contributed by atoms with van der Waals surface area (Å²) in [5, 5.41) is 11.2. The molecule has 1 fully saturated rings. The van der Waals surface area contributed by atoms with Crippen molar-refractivity contribution < 1.29 is 9.53 Å². The number of likely N-dealkylation sites (tertiary alicyclic amines) is 1. The van der Waals surface area contributed by atoms with E-state index < -0.39 is 0 Å². The summed E-state index contributed by atoms with van der Waals surface area (Å²) in [7, 11) is 1.79. The Morgan fingerprint density at radius 3 is 2.83 bits per heavy atom. The van der Waals surface area contributed by atoms with Gasteiger partial charge in [0.1, 0.15) is 0 Å². The minimum absolute atomic E-state index is 0.206. The molecule has 24 heavy (non-hydrogen) atoms. The normalized spacial score (nSPS) is 17.5. The molecule has 1 aromatic rings. The summed E-state index contributed by atoms with van der Waals surface area (Å²) in [6.45, 7) is 6.75. The standard InChI is InChI=1S/C17H28N4O2S/c1-4-23-17(22)21-8-5-15(6-9-21)20-16(18-3)19-11-13(2)14-7-10-24-12-14/h7,10,12-13,15H,4-6,8-9,11H2,1-3H3,(H2,18,19,20). The lowest BCUT2D eigenvalue weighted by Crippen LogP contribution is -2.50. The van der Waals surface area contributed by atoms with Gasteiger partial charge in [0.05, 0.1) is 6.61 Å². The highest BCUT2D eigenvalue weighted by Gasteiger charge is 2.24. The summed E-state index contributed by atoms with van der Waals surface area (Å²) >= 11 is 1.73. The lowest BCUT2D eigenvalue weighted by Gasteiger charge is -2.32. The molecule has 2 N–H and O–H groups in total. The van der Waals surface area contributed by atoms with Crippen LogP contribution >= 0.6 is 11.3 Å². The zero-order chi connectivity index (χ0) is 17.4. The molecule has 7 heteroatoms. The lowest BCUT2D eigenvalue weighted by atomic mass is 10.0. The van der Waals surface area contributed by atoms with E-state index in [-0.39, 0.29) is 6.09 Å². The molecule has 0 bridgehead atoms. The first-order chi connectivity index (χ1) is 11.6. The highest BCUT2D eigenvalue weighted by Crippen LogP contribution is 2.17. The van der Waals surface area contributed by atoms with Gasteiger partial charge in [0.25, 0.3) is 0 Å². The highest BCUT2D eigenvalue weighted by atomic mass is 32.1. The second kappa shape index (κ2) is 9.52. The Morgan fingerprint density at radius 2 is 2.25 bits per heavy atom. The van der Waals surface area contributed by atoms with Crippen LogP contribution in [0.3, 0.4) is 0 Å². The Bertz CT molecular complexity index is 525. The SMILES string of the molecule is CCOC(=O)N1CCC(NC(=NC)NCC(C)c2ccsc2)CC1. The van der Waals surface area contributed by atoms with E-state index in [0.717, 1.165) is 38.4 Å². The van der Waals surface area contributed by atoms with Gasteiger partial charge in [0.15, 0.2) is 5.96 Å². The Morgan fingerprint density at radius 1 is 1.50 bits per heavy atom. The summed E-state index contributed by atoms with van der Waals surface area (Å²) < 4.78 is 5.05. The van der Waals surface area contributed by atoms with Gasteiger partial charge in [-0.3, -0.25) is 4.99 Å². The van der Waals surface area contributed by atoms with Gasteiger partial charge in [-0.1, -0.05) is 6.92 Å². The number of thiophene rings is 1. The summed E-state index contributed by atoms with van der Waals surface area (Å²) in [6.07, 6.45) is 1.60. The van der Waals surface area contributed by atoms with Crippen molar-refractivity contribution in [2.45, 2.75) is 38.6 Å². The third-order valence-corrected chi connectivity index (χ3v) is 4.97. The molecule has 1 unspecified atom stereocenters. The third-order valence-electron chi connectivity index (χ3n) is 4.27. The van der Waals surface area contributed by atoms with Crippen LogP contribution in [-0.4, -0.2) is 56.3 Å². The molecule has 0 saturated carbocycles. The topological polar surface area (TPSA) is 66.0 Å². The number of carbonyl (C=O) groups excluding carboxylic acids is 1. The van der Waals surface area contributed by atoms with Gasteiger partial charge >= 0.3 is 6.09 Å². The van der Waals surface area contributed by atoms with Crippen molar-refractivity contribution in [3.05, 3.63) is 22.4 Å². The molecule has 0 spiro atoms. The monoisotopic (exact) mass is 352 g/mol. The fourth-order valence-corrected chi connectivity index (χ4v) is 3.51. The summed E-state index contributed by atoms with van der Waals surface area (Å²) in [5.74, 6) is 1.27. The predicted molar refractivity (Wildman–Crippen MR) is 98.8 cm³/mol. The van der Waals surface area contributed by atoms with Gasteiger partial charge in [0, 0.05) is 32.7 Å². The van der Waals surface area contributed by atoms with Gasteiger partial charge < -0.3 is 20.3 Å². The fourth-order valence-electron chi connectivity index (χ4n) is 2.73. The van der Waals surface area contributed by atoms with Crippen LogP contribution in [0.5, 0.6) is 0 Å². The highest BCUT2D eigenvalue weighted by molar-refractivity contribution is 7.07. The number of hydrogen-bond acceptors (Lipinski definition) is 4. The number of guanidine groups is 1. The van der Waals surface area contributed by atoms with E-state index in [1.807, 2.05) is 6.92 Å². The number of rotatable bonds is 5. The summed E-state index contributed by atoms with van der Waals surface area (Å²) in [6, 6.07) is 2.50. The first kappa shape index (κ1) is 18.6. The number of aliphatic imine (C=N–C) groups is 1.